The fourth-order valence-corrected chi connectivity index (χ4v) is 2.51. The summed E-state index contributed by atoms with van der Waals surface area (Å²) in [6.07, 6.45) is 6.10. The molecule has 0 radical (unpaired) electrons. The summed E-state index contributed by atoms with van der Waals surface area (Å²) in [7, 11) is 0. The van der Waals surface area contributed by atoms with Gasteiger partial charge in [0.15, 0.2) is 0 Å². The number of nitrogens with one attached hydrogen (secondary N) is 2. The Morgan fingerprint density at radius 3 is 2.90 bits per heavy atom. The minimum atomic E-state index is 0.115. The van der Waals surface area contributed by atoms with Crippen molar-refractivity contribution in [1.82, 2.24) is 20.6 Å². The molecule has 2 heterocycles. The van der Waals surface area contributed by atoms with Crippen LogP contribution < -0.4 is 15.5 Å². The van der Waals surface area contributed by atoms with Crippen molar-refractivity contribution in [3.05, 3.63) is 18.5 Å². The van der Waals surface area contributed by atoms with Crippen molar-refractivity contribution in [2.45, 2.75) is 45.2 Å². The fraction of sp³-hybridized carbons (Fsp3) is 0.667. The van der Waals surface area contributed by atoms with E-state index in [9.17, 15) is 4.79 Å². The third-order valence-corrected chi connectivity index (χ3v) is 3.53. The van der Waals surface area contributed by atoms with E-state index in [0.717, 1.165) is 38.4 Å². The molecule has 1 aliphatic rings. The number of rotatable bonds is 6. The van der Waals surface area contributed by atoms with Crippen LogP contribution in [0.3, 0.4) is 0 Å². The molecule has 1 fully saturated rings. The number of piperidine rings is 1. The quantitative estimate of drug-likeness (QED) is 0.816. The van der Waals surface area contributed by atoms with Gasteiger partial charge in [-0.25, -0.2) is 9.97 Å². The Morgan fingerprint density at radius 1 is 1.43 bits per heavy atom. The van der Waals surface area contributed by atoms with E-state index in [4.69, 9.17) is 0 Å². The molecular weight excluding hydrogens is 266 g/mol. The summed E-state index contributed by atoms with van der Waals surface area (Å²) in [4.78, 5) is 22.6. The van der Waals surface area contributed by atoms with E-state index in [-0.39, 0.29) is 11.9 Å². The van der Waals surface area contributed by atoms with E-state index in [2.05, 4.69) is 39.3 Å². The van der Waals surface area contributed by atoms with Crippen LogP contribution >= 0.6 is 0 Å². The number of carbonyl (C=O) groups excluding carboxylic acids is 1. The van der Waals surface area contributed by atoms with Gasteiger partial charge >= 0.3 is 0 Å². The maximum absolute atomic E-state index is 11.9. The number of hydrogen-bond donors (Lipinski definition) is 2. The molecule has 0 saturated carbocycles. The Hall–Kier alpha value is -1.69. The summed E-state index contributed by atoms with van der Waals surface area (Å²) in [6, 6.07) is 2.42. The second-order valence-corrected chi connectivity index (χ2v) is 5.76. The van der Waals surface area contributed by atoms with E-state index in [1.54, 1.807) is 12.4 Å². The minimum absolute atomic E-state index is 0.115. The van der Waals surface area contributed by atoms with Crippen molar-refractivity contribution in [3.63, 3.8) is 0 Å². The molecule has 1 saturated heterocycles. The molecule has 0 spiro atoms. The molecule has 1 aromatic heterocycles. The molecule has 0 aromatic carbocycles. The number of hydrogen-bond acceptors (Lipinski definition) is 5. The van der Waals surface area contributed by atoms with E-state index in [0.29, 0.717) is 12.5 Å². The molecule has 1 unspecified atom stereocenters. The summed E-state index contributed by atoms with van der Waals surface area (Å²) in [5, 5.41) is 6.37. The number of aromatic nitrogens is 2. The summed E-state index contributed by atoms with van der Waals surface area (Å²) in [5.41, 5.74) is 0. The first-order valence-corrected chi connectivity index (χ1v) is 7.70. The Morgan fingerprint density at radius 2 is 2.19 bits per heavy atom. The Balaban J connectivity index is 1.77. The van der Waals surface area contributed by atoms with E-state index in [1.165, 1.54) is 0 Å². The van der Waals surface area contributed by atoms with Gasteiger partial charge in [0.05, 0.1) is 0 Å². The largest absolute Gasteiger partial charge is 0.352 e. The van der Waals surface area contributed by atoms with Gasteiger partial charge in [0.1, 0.15) is 0 Å². The van der Waals surface area contributed by atoms with Crippen molar-refractivity contribution < 1.29 is 4.79 Å². The third kappa shape index (κ3) is 5.30. The average Bonchev–Trinajstić information content (AvgIpc) is 2.48. The van der Waals surface area contributed by atoms with Crippen LogP contribution in [0.25, 0.3) is 0 Å². The highest BCUT2D eigenvalue weighted by atomic mass is 16.1. The molecular formula is C15H25N5O. The monoisotopic (exact) mass is 291 g/mol. The predicted octanol–water partition coefficient (Wildman–Crippen LogP) is 0.950. The van der Waals surface area contributed by atoms with E-state index < -0.39 is 0 Å². The van der Waals surface area contributed by atoms with Gasteiger partial charge in [-0.1, -0.05) is 13.8 Å². The maximum Gasteiger partial charge on any atom is 0.225 e. The van der Waals surface area contributed by atoms with Crippen molar-refractivity contribution in [2.75, 3.05) is 24.5 Å². The molecule has 1 aromatic rings. The van der Waals surface area contributed by atoms with Crippen molar-refractivity contribution >= 4 is 11.9 Å². The topological polar surface area (TPSA) is 70.2 Å². The standard InChI is InChI=1S/C15H25N5O/c1-12(2)16-9-6-14(21)19-13-5-3-10-20(11-13)15-17-7-4-8-18-15/h4,7-8,12-13,16H,3,5-6,9-11H2,1-2H3,(H,19,21). The zero-order valence-corrected chi connectivity index (χ0v) is 12.9. The van der Waals surface area contributed by atoms with E-state index >= 15 is 0 Å². The van der Waals surface area contributed by atoms with Gasteiger partial charge in [-0.3, -0.25) is 4.79 Å². The van der Waals surface area contributed by atoms with Gasteiger partial charge in [-0.15, -0.1) is 0 Å². The van der Waals surface area contributed by atoms with Crippen molar-refractivity contribution in [3.8, 4) is 0 Å². The number of amides is 1. The third-order valence-electron chi connectivity index (χ3n) is 3.53. The van der Waals surface area contributed by atoms with Crippen molar-refractivity contribution in [1.29, 1.82) is 0 Å². The smallest absolute Gasteiger partial charge is 0.225 e. The van der Waals surface area contributed by atoms with Crippen LogP contribution in [0.1, 0.15) is 33.1 Å². The van der Waals surface area contributed by atoms with Crippen LogP contribution in [0, 0.1) is 0 Å². The first-order valence-electron chi connectivity index (χ1n) is 7.70. The zero-order valence-electron chi connectivity index (χ0n) is 12.9. The van der Waals surface area contributed by atoms with Gasteiger partial charge in [-0.05, 0) is 18.9 Å². The summed E-state index contributed by atoms with van der Waals surface area (Å²) in [6.45, 7) is 6.62. The van der Waals surface area contributed by atoms with Crippen LogP contribution in [-0.2, 0) is 4.79 Å². The number of nitrogens with zero attached hydrogens (tertiary/aromatic N) is 3. The first-order chi connectivity index (χ1) is 10.1. The molecule has 6 nitrogen and oxygen atoms in total. The molecule has 6 heteroatoms. The first kappa shape index (κ1) is 15.7. The van der Waals surface area contributed by atoms with Crippen molar-refractivity contribution in [2.24, 2.45) is 0 Å². The lowest BCUT2D eigenvalue weighted by atomic mass is 10.1. The lowest BCUT2D eigenvalue weighted by Crippen LogP contribution is -2.48. The van der Waals surface area contributed by atoms with Gasteiger partial charge in [0.2, 0.25) is 11.9 Å². The number of anilines is 1. The molecule has 2 rings (SSSR count). The van der Waals surface area contributed by atoms with E-state index in [1.807, 2.05) is 6.07 Å². The van der Waals surface area contributed by atoms with Gasteiger partial charge < -0.3 is 15.5 Å². The Kier molecular flexibility index (Phi) is 5.92. The van der Waals surface area contributed by atoms with Crippen LogP contribution in [0.2, 0.25) is 0 Å². The molecule has 1 aliphatic heterocycles. The molecule has 1 amide bonds. The second-order valence-electron chi connectivity index (χ2n) is 5.76. The SMILES string of the molecule is CC(C)NCCC(=O)NC1CCCN(c2ncccn2)C1. The second kappa shape index (κ2) is 7.93. The summed E-state index contributed by atoms with van der Waals surface area (Å²) < 4.78 is 0. The normalized spacial score (nSPS) is 18.8. The summed E-state index contributed by atoms with van der Waals surface area (Å²) >= 11 is 0. The minimum Gasteiger partial charge on any atom is -0.352 e. The molecule has 2 N–H and O–H groups in total. The highest BCUT2D eigenvalue weighted by Gasteiger charge is 2.22. The maximum atomic E-state index is 11.9. The molecule has 0 aliphatic carbocycles. The van der Waals surface area contributed by atoms with Gasteiger partial charge in [-0.2, -0.15) is 0 Å². The molecule has 21 heavy (non-hydrogen) atoms. The van der Waals surface area contributed by atoms with Crippen LogP contribution in [-0.4, -0.2) is 47.6 Å². The molecule has 0 bridgehead atoms. The fourth-order valence-electron chi connectivity index (χ4n) is 2.51. The lowest BCUT2D eigenvalue weighted by molar-refractivity contribution is -0.121. The highest BCUT2D eigenvalue weighted by molar-refractivity contribution is 5.76. The van der Waals surface area contributed by atoms with Crippen LogP contribution in [0.5, 0.6) is 0 Å². The number of carbonyl (C=O) groups is 1. The summed E-state index contributed by atoms with van der Waals surface area (Å²) in [5.74, 6) is 0.863. The zero-order chi connectivity index (χ0) is 15.1. The Bertz CT molecular complexity index is 437. The highest BCUT2D eigenvalue weighted by Crippen LogP contribution is 2.15. The molecule has 116 valence electrons. The lowest BCUT2D eigenvalue weighted by Gasteiger charge is -2.33. The average molecular weight is 291 g/mol. The van der Waals surface area contributed by atoms with Crippen LogP contribution in [0.15, 0.2) is 18.5 Å². The predicted molar refractivity (Wildman–Crippen MR) is 83.2 cm³/mol. The van der Waals surface area contributed by atoms with Gasteiger partial charge in [0, 0.05) is 50.5 Å². The van der Waals surface area contributed by atoms with Crippen LogP contribution in [0.4, 0.5) is 5.95 Å². The van der Waals surface area contributed by atoms with Gasteiger partial charge in [0.25, 0.3) is 0 Å². The Labute approximate surface area is 126 Å². The molecule has 1 atom stereocenters.